The average Bonchev–Trinajstić information content (AvgIpc) is 3.74. The topological polar surface area (TPSA) is 200 Å². The molecule has 2 aliphatic heterocycles. The molecule has 50 heavy (non-hydrogen) atoms. The van der Waals surface area contributed by atoms with Gasteiger partial charge >= 0.3 is 37.7 Å². The summed E-state index contributed by atoms with van der Waals surface area (Å²) in [5.74, 6) is -1.73. The van der Waals surface area contributed by atoms with Gasteiger partial charge in [-0.3, -0.25) is 4.79 Å². The van der Waals surface area contributed by atoms with Crippen molar-refractivity contribution >= 4 is 75.5 Å². The monoisotopic (exact) mass is 739 g/mol. The van der Waals surface area contributed by atoms with E-state index < -0.39 is 32.2 Å². The quantitative estimate of drug-likeness (QED) is 0.149. The van der Waals surface area contributed by atoms with Gasteiger partial charge < -0.3 is 24.5 Å². The van der Waals surface area contributed by atoms with Crippen molar-refractivity contribution < 1.29 is 41.2 Å². The summed E-state index contributed by atoms with van der Waals surface area (Å²) in [4.78, 5) is 30.2. The Hall–Kier alpha value is -4.15. The maximum atomic E-state index is 12.9. The van der Waals surface area contributed by atoms with Gasteiger partial charge in [0.2, 0.25) is 10.0 Å². The molecule has 0 spiro atoms. The molecule has 0 saturated carbocycles. The normalized spacial score (nSPS) is 16.0. The number of fused-ring (bicyclic) bond motifs is 1. The Kier molecular flexibility index (Phi) is 12.2. The third-order valence-electron chi connectivity index (χ3n) is 7.46. The molecule has 3 heterocycles. The van der Waals surface area contributed by atoms with Crippen LogP contribution in [-0.4, -0.2) is 116 Å². The van der Waals surface area contributed by atoms with Crippen LogP contribution in [0.2, 0.25) is 0 Å². The minimum absolute atomic E-state index is 0. The Bertz CT molecular complexity index is 2250. The smallest absolute Gasteiger partial charge is 0.748 e. The van der Waals surface area contributed by atoms with E-state index in [9.17, 15) is 28.2 Å². The molecule has 0 bridgehead atoms. The molecule has 5 aromatic rings. The number of rotatable bonds is 6. The molecule has 252 valence electrons. The van der Waals surface area contributed by atoms with E-state index in [0.29, 0.717) is 28.8 Å². The van der Waals surface area contributed by atoms with Gasteiger partial charge in [0.15, 0.2) is 5.88 Å². The number of aliphatic imine (C=N–C) groups is 1. The molecule has 1 saturated heterocycles. The largest absolute Gasteiger partial charge is 2.00 e. The third kappa shape index (κ3) is 9.54. The van der Waals surface area contributed by atoms with Crippen LogP contribution in [0.5, 0.6) is 5.88 Å². The summed E-state index contributed by atoms with van der Waals surface area (Å²) in [6, 6.07) is 35.1. The number of hydrogen-bond acceptors (Lipinski definition) is 9. The number of benzene rings is 4. The molecule has 1 amide bonds. The zero-order valence-corrected chi connectivity index (χ0v) is 30.6. The van der Waals surface area contributed by atoms with Gasteiger partial charge in [-0.25, -0.2) is 21.8 Å². The first kappa shape index (κ1) is 38.6. The summed E-state index contributed by atoms with van der Waals surface area (Å²) < 4.78 is 49.2. The number of amides is 1. The van der Waals surface area contributed by atoms with Gasteiger partial charge in [-0.05, 0) is 27.8 Å². The number of nitrogens with one attached hydrogen (secondary N) is 1. The summed E-state index contributed by atoms with van der Waals surface area (Å²) in [5, 5.41) is 20.7. The minimum atomic E-state index is -3.92. The SMILES string of the molecule is CS(=O)(=O)N1CC1C(=O)[O-].CS(=O)(=O)[O-].O=C1N=C(c2ccc(-c3ccccc3)cc2)c2c(O)[nH]c(-c3ccc(-c4ccccc4)cc3)c21.[Ca+2]. The summed E-state index contributed by atoms with van der Waals surface area (Å²) >= 11 is 0. The van der Waals surface area contributed by atoms with Crippen LogP contribution in [0, 0.1) is 0 Å². The van der Waals surface area contributed by atoms with Crippen molar-refractivity contribution in [3.05, 3.63) is 126 Å². The van der Waals surface area contributed by atoms with Crippen LogP contribution >= 0.6 is 0 Å². The molecule has 2 unspecified atom stereocenters. The van der Waals surface area contributed by atoms with Gasteiger partial charge in [0.25, 0.3) is 5.91 Å². The Morgan fingerprint density at radius 3 is 1.52 bits per heavy atom. The van der Waals surface area contributed by atoms with E-state index in [-0.39, 0.29) is 56.1 Å². The van der Waals surface area contributed by atoms with Crippen LogP contribution in [0.4, 0.5) is 0 Å². The summed E-state index contributed by atoms with van der Waals surface area (Å²) in [6.07, 6.45) is 1.57. The van der Waals surface area contributed by atoms with Crippen molar-refractivity contribution in [1.82, 2.24) is 9.29 Å². The van der Waals surface area contributed by atoms with Crippen LogP contribution in [0.25, 0.3) is 33.5 Å². The number of carboxylic acids is 1. The first-order valence-electron chi connectivity index (χ1n) is 14.6. The first-order valence-corrected chi connectivity index (χ1v) is 18.3. The number of aromatic nitrogens is 1. The predicted octanol–water partition coefficient (Wildman–Crippen LogP) is 2.87. The molecule has 4 aromatic carbocycles. The van der Waals surface area contributed by atoms with Crippen LogP contribution in [0.3, 0.4) is 0 Å². The first-order chi connectivity index (χ1) is 23.1. The summed E-state index contributed by atoms with van der Waals surface area (Å²) in [5.41, 5.74) is 7.93. The van der Waals surface area contributed by atoms with Crippen LogP contribution in [-0.2, 0) is 24.9 Å². The molecule has 1 fully saturated rings. The zero-order chi connectivity index (χ0) is 35.5. The van der Waals surface area contributed by atoms with E-state index in [2.05, 4.69) is 34.2 Å². The summed E-state index contributed by atoms with van der Waals surface area (Å²) in [7, 11) is -7.23. The second-order valence-electron chi connectivity index (χ2n) is 11.1. The number of hydrogen-bond donors (Lipinski definition) is 2. The fraction of sp³-hybridized carbons (Fsp3) is 0.114. The molecular formula is C35H29CaN3O9S2. The van der Waals surface area contributed by atoms with Crippen LogP contribution in [0.1, 0.15) is 21.5 Å². The summed E-state index contributed by atoms with van der Waals surface area (Å²) in [6.45, 7) is 0.0567. The number of aromatic amines is 1. The van der Waals surface area contributed by atoms with Crippen molar-refractivity contribution in [2.75, 3.05) is 19.1 Å². The molecule has 0 radical (unpaired) electrons. The standard InChI is InChI=1S/C30H20N2O2.C4H7NO4S.CH4O3S.Ca/c33-29-25-26(28(32-29)24-17-13-22(14-18-24)20-9-5-2-6-10-20)30(34)31-27(25)23-15-11-21(12-16-23)19-7-3-1-4-8-19;1-10(8,9)5-2-3(5)4(6)7;1-5(2,3)4;/h1-18,31,34H;3H,2H2,1H3,(H,6,7);1H3,(H,2,3,4);/q;;;+2/p-2. The molecule has 7 rings (SSSR count). The average molecular weight is 740 g/mol. The Labute approximate surface area is 318 Å². The Morgan fingerprint density at radius 1 is 0.740 bits per heavy atom. The Morgan fingerprint density at radius 2 is 1.14 bits per heavy atom. The number of aromatic hydroxyl groups is 1. The number of sulfonamides is 1. The molecule has 2 aliphatic rings. The second-order valence-corrected chi connectivity index (χ2v) is 14.5. The molecule has 2 N–H and O–H groups in total. The van der Waals surface area contributed by atoms with Crippen LogP contribution < -0.4 is 5.11 Å². The van der Waals surface area contributed by atoms with E-state index in [1.807, 2.05) is 84.9 Å². The van der Waals surface area contributed by atoms with E-state index >= 15 is 0 Å². The van der Waals surface area contributed by atoms with Crippen molar-refractivity contribution in [3.63, 3.8) is 0 Å². The van der Waals surface area contributed by atoms with Gasteiger partial charge in [-0.15, -0.1) is 0 Å². The third-order valence-corrected chi connectivity index (χ3v) is 8.71. The molecule has 1 aromatic heterocycles. The zero-order valence-electron chi connectivity index (χ0n) is 26.8. The van der Waals surface area contributed by atoms with Crippen LogP contribution in [0.15, 0.2) is 114 Å². The molecule has 12 nitrogen and oxygen atoms in total. The van der Waals surface area contributed by atoms with E-state index in [4.69, 9.17) is 13.0 Å². The minimum Gasteiger partial charge on any atom is -0.748 e. The number of aliphatic carboxylic acids is 1. The number of carbonyl (C=O) groups excluding carboxylic acids is 2. The van der Waals surface area contributed by atoms with Gasteiger partial charge in [0.05, 0.1) is 50.9 Å². The van der Waals surface area contributed by atoms with E-state index in [1.54, 1.807) is 0 Å². The van der Waals surface area contributed by atoms with Gasteiger partial charge in [-0.2, -0.15) is 4.31 Å². The van der Waals surface area contributed by atoms with E-state index in [1.165, 1.54) is 0 Å². The number of carbonyl (C=O) groups is 2. The number of H-pyrrole nitrogens is 1. The van der Waals surface area contributed by atoms with Crippen molar-refractivity contribution in [2.45, 2.75) is 6.04 Å². The fourth-order valence-corrected chi connectivity index (χ4v) is 6.12. The molecule has 15 heteroatoms. The van der Waals surface area contributed by atoms with Crippen molar-refractivity contribution in [1.29, 1.82) is 0 Å². The predicted molar refractivity (Wildman–Crippen MR) is 187 cm³/mol. The molecule has 0 aliphatic carbocycles. The number of carboxylic acid groups (broad SMARTS) is 1. The van der Waals surface area contributed by atoms with Crippen molar-refractivity contribution in [3.8, 4) is 39.4 Å². The second kappa shape index (κ2) is 15.8. The van der Waals surface area contributed by atoms with Crippen molar-refractivity contribution in [2.24, 2.45) is 4.99 Å². The maximum Gasteiger partial charge on any atom is 2.00 e. The Balaban J connectivity index is 0.000000294. The molecule has 2 atom stereocenters. The molecular weight excluding hydrogens is 711 g/mol. The maximum absolute atomic E-state index is 12.9. The number of nitrogens with zero attached hydrogens (tertiary/aromatic N) is 2. The van der Waals surface area contributed by atoms with Gasteiger partial charge in [-0.1, -0.05) is 109 Å². The van der Waals surface area contributed by atoms with E-state index in [0.717, 1.165) is 43.9 Å². The van der Waals surface area contributed by atoms with Gasteiger partial charge in [0, 0.05) is 18.4 Å². The fourth-order valence-electron chi connectivity index (χ4n) is 5.16. The van der Waals surface area contributed by atoms with Gasteiger partial charge in [0.1, 0.15) is 0 Å².